The van der Waals surface area contributed by atoms with Crippen LogP contribution in [-0.4, -0.2) is 98.0 Å². The topological polar surface area (TPSA) is 123 Å². The average molecular weight is 636 g/mol. The standard InChI is InChI=1S/C33H38ClN5O6/c1-5-31(40)37-27-18-23(28(43-4)20-29(27)45-14-8-11-39-12-15-44-16-13-39)19-30-35-21-25(34)26(36-30)17-22-9-6-7-10-24(22)32(41)33(42)38(2)3/h5-7,9-10,18,20-21H,1,8,11-17,19H2,2-4H3,(H,37,40). The van der Waals surface area contributed by atoms with Gasteiger partial charge in [0.25, 0.3) is 11.7 Å². The lowest BCUT2D eigenvalue weighted by Gasteiger charge is -2.26. The molecule has 1 aromatic heterocycles. The van der Waals surface area contributed by atoms with Gasteiger partial charge in [0.2, 0.25) is 5.91 Å². The van der Waals surface area contributed by atoms with Crippen LogP contribution in [0.4, 0.5) is 5.69 Å². The van der Waals surface area contributed by atoms with E-state index in [1.54, 1.807) is 43.5 Å². The van der Waals surface area contributed by atoms with Gasteiger partial charge in [0.05, 0.1) is 43.3 Å². The quantitative estimate of drug-likeness (QED) is 0.122. The third-order valence-corrected chi connectivity index (χ3v) is 7.56. The predicted octanol–water partition coefficient (Wildman–Crippen LogP) is 3.82. The van der Waals surface area contributed by atoms with Crippen LogP contribution in [0.25, 0.3) is 0 Å². The van der Waals surface area contributed by atoms with E-state index < -0.39 is 11.7 Å². The van der Waals surface area contributed by atoms with Crippen molar-refractivity contribution in [3.63, 3.8) is 0 Å². The number of likely N-dealkylation sites (N-methyl/N-ethyl adjacent to an activating group) is 1. The Morgan fingerprint density at radius 2 is 1.87 bits per heavy atom. The number of Topliss-reactive ketones (excluding diaryl/α,β-unsaturated/α-hetero) is 1. The van der Waals surface area contributed by atoms with Crippen LogP contribution < -0.4 is 14.8 Å². The van der Waals surface area contributed by atoms with Crippen molar-refractivity contribution in [1.82, 2.24) is 19.8 Å². The minimum absolute atomic E-state index is 0.214. The molecule has 1 saturated heterocycles. The Labute approximate surface area is 268 Å². The van der Waals surface area contributed by atoms with Crippen LogP contribution in [0.3, 0.4) is 0 Å². The maximum atomic E-state index is 12.9. The van der Waals surface area contributed by atoms with Crippen LogP contribution in [0, 0.1) is 0 Å². The predicted molar refractivity (Wildman–Crippen MR) is 171 cm³/mol. The van der Waals surface area contributed by atoms with Crippen molar-refractivity contribution < 1.29 is 28.6 Å². The summed E-state index contributed by atoms with van der Waals surface area (Å²) in [7, 11) is 4.62. The highest BCUT2D eigenvalue weighted by Gasteiger charge is 2.22. The zero-order valence-corrected chi connectivity index (χ0v) is 26.6. The minimum Gasteiger partial charge on any atom is -0.496 e. The highest BCUT2D eigenvalue weighted by Crippen LogP contribution is 2.35. The highest BCUT2D eigenvalue weighted by molar-refractivity contribution is 6.43. The molecular weight excluding hydrogens is 598 g/mol. The lowest BCUT2D eigenvalue weighted by Crippen LogP contribution is -2.37. The number of aromatic nitrogens is 2. The Hall–Kier alpha value is -4.32. The number of hydrogen-bond donors (Lipinski definition) is 1. The van der Waals surface area contributed by atoms with E-state index in [2.05, 4.69) is 21.8 Å². The smallest absolute Gasteiger partial charge is 0.294 e. The molecule has 0 spiro atoms. The van der Waals surface area contributed by atoms with E-state index in [0.717, 1.165) is 39.3 Å². The summed E-state index contributed by atoms with van der Waals surface area (Å²) in [6, 6.07) is 10.4. The first-order chi connectivity index (χ1) is 21.7. The minimum atomic E-state index is -0.618. The first kappa shape index (κ1) is 33.6. The largest absolute Gasteiger partial charge is 0.496 e. The number of nitrogens with one attached hydrogen (secondary N) is 1. The van der Waals surface area contributed by atoms with Gasteiger partial charge in [0, 0.05) is 70.0 Å². The number of methoxy groups -OCH3 is 1. The SMILES string of the molecule is C=CC(=O)Nc1cc(Cc2ncc(Cl)c(Cc3ccccc3C(=O)C(=O)N(C)C)n2)c(OC)cc1OCCCN1CCOCC1. The number of carbonyl (C=O) groups excluding carboxylic acids is 3. The maximum Gasteiger partial charge on any atom is 0.294 e. The number of carbonyl (C=O) groups is 3. The van der Waals surface area contributed by atoms with Gasteiger partial charge in [-0.15, -0.1) is 0 Å². The summed E-state index contributed by atoms with van der Waals surface area (Å²) in [4.78, 5) is 50.2. The molecule has 11 nitrogen and oxygen atoms in total. The average Bonchev–Trinajstić information content (AvgIpc) is 3.05. The molecule has 0 unspecified atom stereocenters. The molecule has 0 bridgehead atoms. The molecule has 1 fully saturated rings. The molecule has 1 aliphatic rings. The summed E-state index contributed by atoms with van der Waals surface area (Å²) in [5.41, 5.74) is 2.58. The molecule has 0 atom stereocenters. The molecule has 238 valence electrons. The molecule has 2 aromatic carbocycles. The fraction of sp³-hybridized carbons (Fsp3) is 0.364. The number of anilines is 1. The van der Waals surface area contributed by atoms with Crippen LogP contribution in [-0.2, 0) is 27.2 Å². The fourth-order valence-corrected chi connectivity index (χ4v) is 5.01. The van der Waals surface area contributed by atoms with Gasteiger partial charge in [-0.25, -0.2) is 9.97 Å². The molecule has 0 aliphatic carbocycles. The molecular formula is C33H38ClN5O6. The normalized spacial score (nSPS) is 13.2. The van der Waals surface area contributed by atoms with E-state index in [0.29, 0.717) is 51.5 Å². The molecule has 0 saturated carbocycles. The maximum absolute atomic E-state index is 12.9. The first-order valence-electron chi connectivity index (χ1n) is 14.6. The van der Waals surface area contributed by atoms with Gasteiger partial charge in [-0.2, -0.15) is 0 Å². The zero-order valence-electron chi connectivity index (χ0n) is 25.8. The zero-order chi connectivity index (χ0) is 32.3. The van der Waals surface area contributed by atoms with Crippen LogP contribution in [0.15, 0.2) is 55.3 Å². The van der Waals surface area contributed by atoms with Gasteiger partial charge in [-0.05, 0) is 24.1 Å². The van der Waals surface area contributed by atoms with Crippen molar-refractivity contribution in [2.45, 2.75) is 19.3 Å². The summed E-state index contributed by atoms with van der Waals surface area (Å²) < 4.78 is 17.2. The number of rotatable bonds is 14. The van der Waals surface area contributed by atoms with Gasteiger partial charge in [0.15, 0.2) is 0 Å². The van der Waals surface area contributed by atoms with E-state index in [4.69, 9.17) is 30.8 Å². The summed E-state index contributed by atoms with van der Waals surface area (Å²) in [5, 5.41) is 3.15. The molecule has 0 radical (unpaired) electrons. The molecule has 4 rings (SSSR count). The Morgan fingerprint density at radius 1 is 1.11 bits per heavy atom. The van der Waals surface area contributed by atoms with Crippen molar-refractivity contribution in [2.75, 3.05) is 66.0 Å². The van der Waals surface area contributed by atoms with E-state index in [1.165, 1.54) is 31.3 Å². The number of ketones is 1. The number of nitrogens with zero attached hydrogens (tertiary/aromatic N) is 4. The van der Waals surface area contributed by atoms with Gasteiger partial charge in [-0.3, -0.25) is 19.3 Å². The molecule has 45 heavy (non-hydrogen) atoms. The second-order valence-electron chi connectivity index (χ2n) is 10.6. The molecule has 2 heterocycles. The van der Waals surface area contributed by atoms with Crippen molar-refractivity contribution in [1.29, 1.82) is 0 Å². The number of ether oxygens (including phenoxy) is 3. The number of morpholine rings is 1. The number of halogens is 1. The first-order valence-corrected chi connectivity index (χ1v) is 15.0. The Morgan fingerprint density at radius 3 is 2.58 bits per heavy atom. The molecule has 12 heteroatoms. The van der Waals surface area contributed by atoms with Gasteiger partial charge >= 0.3 is 0 Å². The monoisotopic (exact) mass is 635 g/mol. The van der Waals surface area contributed by atoms with Crippen LogP contribution in [0.5, 0.6) is 11.5 Å². The number of amides is 2. The van der Waals surface area contributed by atoms with Crippen molar-refractivity contribution in [2.24, 2.45) is 0 Å². The van der Waals surface area contributed by atoms with E-state index >= 15 is 0 Å². The lowest BCUT2D eigenvalue weighted by molar-refractivity contribution is -0.124. The summed E-state index contributed by atoms with van der Waals surface area (Å²) in [5.74, 6) is -0.153. The highest BCUT2D eigenvalue weighted by atomic mass is 35.5. The summed E-state index contributed by atoms with van der Waals surface area (Å²) >= 11 is 6.49. The third-order valence-electron chi connectivity index (χ3n) is 7.24. The van der Waals surface area contributed by atoms with Gasteiger partial charge in [0.1, 0.15) is 17.3 Å². The Balaban J connectivity index is 1.56. The number of hydrogen-bond acceptors (Lipinski definition) is 9. The summed E-state index contributed by atoms with van der Waals surface area (Å²) in [6.45, 7) is 8.17. The van der Waals surface area contributed by atoms with E-state index in [9.17, 15) is 14.4 Å². The van der Waals surface area contributed by atoms with Crippen LogP contribution >= 0.6 is 11.6 Å². The van der Waals surface area contributed by atoms with Crippen molar-refractivity contribution in [3.8, 4) is 11.5 Å². The van der Waals surface area contributed by atoms with Crippen LogP contribution in [0.1, 0.15) is 39.4 Å². The third kappa shape index (κ3) is 9.10. The van der Waals surface area contributed by atoms with Crippen LogP contribution in [0.2, 0.25) is 5.02 Å². The Bertz CT molecular complexity index is 1540. The molecule has 1 N–H and O–H groups in total. The van der Waals surface area contributed by atoms with E-state index in [1.807, 2.05) is 0 Å². The second-order valence-corrected chi connectivity index (χ2v) is 11.0. The molecule has 1 aliphatic heterocycles. The second kappa shape index (κ2) is 16.1. The van der Waals surface area contributed by atoms with Crippen molar-refractivity contribution >= 4 is 34.9 Å². The van der Waals surface area contributed by atoms with Gasteiger partial charge in [-0.1, -0.05) is 42.4 Å². The summed E-state index contributed by atoms with van der Waals surface area (Å²) in [6.07, 6.45) is 3.97. The molecule has 3 aromatic rings. The van der Waals surface area contributed by atoms with Crippen molar-refractivity contribution in [3.05, 3.63) is 88.5 Å². The van der Waals surface area contributed by atoms with E-state index in [-0.39, 0.29) is 24.3 Å². The molecule has 2 amide bonds. The van der Waals surface area contributed by atoms with Gasteiger partial charge < -0.3 is 24.4 Å². The number of benzene rings is 2. The Kier molecular flexibility index (Phi) is 12.0. The fourth-order valence-electron chi connectivity index (χ4n) is 4.85. The lowest BCUT2D eigenvalue weighted by atomic mass is 9.99.